The summed E-state index contributed by atoms with van der Waals surface area (Å²) in [5.41, 5.74) is 2.28. The van der Waals surface area contributed by atoms with Gasteiger partial charge in [-0.25, -0.2) is 9.59 Å². The average Bonchev–Trinajstić information content (AvgIpc) is 3.83. The van der Waals surface area contributed by atoms with Crippen LogP contribution in [-0.2, 0) is 24.5 Å². The van der Waals surface area contributed by atoms with E-state index in [1.165, 1.54) is 11.3 Å². The lowest BCUT2D eigenvalue weighted by Crippen LogP contribution is -2.83. The zero-order valence-corrected chi connectivity index (χ0v) is 32.7. The molecule has 54 heavy (non-hydrogen) atoms. The highest BCUT2D eigenvalue weighted by Gasteiger charge is 2.83. The van der Waals surface area contributed by atoms with Crippen LogP contribution in [0.5, 0.6) is 0 Å². The first-order chi connectivity index (χ1) is 25.8. The molecule has 0 unspecified atom stereocenters. The molecule has 6 aliphatic heterocycles. The third-order valence-electron chi connectivity index (χ3n) is 19.8. The van der Waals surface area contributed by atoms with Crippen LogP contribution < -0.4 is 4.90 Å². The maximum atomic E-state index is 14.5. The number of likely N-dealkylation sites (N-methyl/N-ethyl adjacent to an activating group) is 1. The van der Waals surface area contributed by atoms with Crippen LogP contribution in [0.1, 0.15) is 103 Å². The number of ether oxygens (including phenoxy) is 2. The number of nitrogens with zero attached hydrogens (tertiary/aromatic N) is 2. The van der Waals surface area contributed by atoms with Gasteiger partial charge in [-0.05, 0) is 116 Å². The number of rotatable bonds is 5. The number of para-hydroxylation sites is 1. The monoisotopic (exact) mass is 741 g/mol. The van der Waals surface area contributed by atoms with Gasteiger partial charge in [0.05, 0.1) is 29.2 Å². The van der Waals surface area contributed by atoms with Crippen molar-refractivity contribution in [3.8, 4) is 0 Å². The second-order valence-corrected chi connectivity index (χ2v) is 20.7. The Morgan fingerprint density at radius 3 is 2.61 bits per heavy atom. The molecule has 292 valence electrons. The Bertz CT molecular complexity index is 1830. The van der Waals surface area contributed by atoms with E-state index in [1.54, 1.807) is 6.08 Å². The Kier molecular flexibility index (Phi) is 7.17. The molecule has 0 amide bonds. The summed E-state index contributed by atoms with van der Waals surface area (Å²) in [7, 11) is 2.17. The molecular weight excluding hydrogens is 681 g/mol. The van der Waals surface area contributed by atoms with Crippen LogP contribution in [0.4, 0.5) is 5.69 Å². The van der Waals surface area contributed by atoms with E-state index in [9.17, 15) is 24.9 Å². The first-order valence-corrected chi connectivity index (χ1v) is 21.7. The van der Waals surface area contributed by atoms with Crippen LogP contribution in [0.2, 0.25) is 0 Å². The third-order valence-corrected chi connectivity index (χ3v) is 19.8. The van der Waals surface area contributed by atoms with Gasteiger partial charge in [-0.1, -0.05) is 39.0 Å². The van der Waals surface area contributed by atoms with E-state index in [-0.39, 0.29) is 88.5 Å². The average molecular weight is 742 g/mol. The van der Waals surface area contributed by atoms with Crippen molar-refractivity contribution in [3.05, 3.63) is 41.5 Å². The minimum absolute atomic E-state index is 0.0370. The van der Waals surface area contributed by atoms with E-state index < -0.39 is 17.9 Å². The van der Waals surface area contributed by atoms with Crippen LogP contribution in [0.15, 0.2) is 35.9 Å². The predicted octanol–water partition coefficient (Wildman–Crippen LogP) is 5.24. The molecule has 18 atom stereocenters. The lowest BCUT2D eigenvalue weighted by molar-refractivity contribution is -1.03. The minimum atomic E-state index is -0.739. The normalized spacial score (nSPS) is 54.4. The molecule has 9 heteroatoms. The number of hydrogen-bond donors (Lipinski definition) is 3. The summed E-state index contributed by atoms with van der Waals surface area (Å²) in [5.74, 6) is 1.32. The Morgan fingerprint density at radius 1 is 1.02 bits per heavy atom. The van der Waals surface area contributed by atoms with Gasteiger partial charge in [-0.15, -0.1) is 0 Å². The topological polar surface area (TPSA) is 117 Å². The maximum absolute atomic E-state index is 14.5. The molecule has 6 heterocycles. The number of piperidine rings is 4. The molecule has 0 aromatic heterocycles. The fraction of sp³-hybridized carbons (Fsp3) is 0.778. The van der Waals surface area contributed by atoms with Crippen LogP contribution in [0.25, 0.3) is 0 Å². The lowest BCUT2D eigenvalue weighted by atomic mass is 9.43. The van der Waals surface area contributed by atoms with Crippen LogP contribution >= 0.6 is 0 Å². The number of esters is 2. The maximum Gasteiger partial charge on any atom is 0.362 e. The van der Waals surface area contributed by atoms with Gasteiger partial charge in [0.15, 0.2) is 12.8 Å². The van der Waals surface area contributed by atoms with Gasteiger partial charge in [0, 0.05) is 48.9 Å². The molecule has 1 aromatic rings. The second kappa shape index (κ2) is 11.1. The number of quaternary nitrogens is 1. The fourth-order valence-electron chi connectivity index (χ4n) is 17.6. The Hall–Kier alpha value is -2.46. The van der Waals surface area contributed by atoms with E-state index in [2.05, 4.69) is 57.0 Å². The van der Waals surface area contributed by atoms with Gasteiger partial charge < -0.3 is 29.7 Å². The highest BCUT2D eigenvalue weighted by molar-refractivity contribution is 5.85. The first kappa shape index (κ1) is 34.8. The summed E-state index contributed by atoms with van der Waals surface area (Å²) in [4.78, 5) is 28.8. The summed E-state index contributed by atoms with van der Waals surface area (Å²) in [6, 6.07) is 8.74. The molecule has 5 saturated carbocycles. The highest BCUT2D eigenvalue weighted by Crippen LogP contribution is 2.73. The van der Waals surface area contributed by atoms with Crippen LogP contribution in [-0.4, -0.2) is 94.1 Å². The van der Waals surface area contributed by atoms with Crippen molar-refractivity contribution >= 4 is 17.6 Å². The first-order valence-electron chi connectivity index (χ1n) is 21.7. The lowest BCUT2D eigenvalue weighted by Gasteiger charge is -2.67. The number of aliphatic hydroxyl groups is 3. The fourth-order valence-corrected chi connectivity index (χ4v) is 17.6. The second-order valence-electron chi connectivity index (χ2n) is 20.7. The number of anilines is 1. The van der Waals surface area contributed by atoms with Crippen molar-refractivity contribution in [2.75, 3.05) is 25.1 Å². The van der Waals surface area contributed by atoms with Crippen molar-refractivity contribution in [3.63, 3.8) is 0 Å². The van der Waals surface area contributed by atoms with Gasteiger partial charge in [0.25, 0.3) is 0 Å². The van der Waals surface area contributed by atoms with Gasteiger partial charge in [-0.2, -0.15) is 0 Å². The smallest absolute Gasteiger partial charge is 0.362 e. The number of carbonyl (C=O) groups excluding carboxylic acids is 2. The van der Waals surface area contributed by atoms with Gasteiger partial charge in [-0.3, -0.25) is 4.48 Å². The summed E-state index contributed by atoms with van der Waals surface area (Å²) < 4.78 is 12.3. The molecule has 12 rings (SSSR count). The number of fused-ring (bicyclic) bond motifs is 7. The summed E-state index contributed by atoms with van der Waals surface area (Å²) in [6.45, 7) is 7.48. The quantitative estimate of drug-likeness (QED) is 0.278. The van der Waals surface area contributed by atoms with E-state index in [0.29, 0.717) is 22.9 Å². The number of aliphatic hydroxyl groups excluding tert-OH is 2. The zero-order chi connectivity index (χ0) is 37.3. The van der Waals surface area contributed by atoms with Gasteiger partial charge >= 0.3 is 11.9 Å². The predicted molar refractivity (Wildman–Crippen MR) is 201 cm³/mol. The molecule has 3 N–H and O–H groups in total. The van der Waals surface area contributed by atoms with Gasteiger partial charge in [0.1, 0.15) is 18.8 Å². The van der Waals surface area contributed by atoms with Crippen molar-refractivity contribution in [2.45, 2.75) is 145 Å². The Morgan fingerprint density at radius 2 is 1.83 bits per heavy atom. The zero-order valence-electron chi connectivity index (χ0n) is 32.7. The van der Waals surface area contributed by atoms with E-state index in [4.69, 9.17) is 9.47 Å². The largest absolute Gasteiger partial charge is 0.458 e. The van der Waals surface area contributed by atoms with Crippen LogP contribution in [0, 0.1) is 52.3 Å². The molecule has 9 fully saturated rings. The molecule has 5 aliphatic carbocycles. The highest BCUT2D eigenvalue weighted by atomic mass is 16.5. The SMILES string of the molecule is CC[C@H]1[C@@H]2C[C@H]3[C@@H]4N(C)c5ccccc5[C@@]45C[C@@H]([C@@H]2[C@@H]5O)[N@+]3(CC(=O)O[C@H]2CC[C@@]3(C)[C@@H](CC[C@@H]4[C@@H]3CC[C@]3(C)[C@@H](C5=CC(=O)OC5)CC[C@]43O)C2)[C@@H]1O. The molecule has 0 radical (unpaired) electrons. The van der Waals surface area contributed by atoms with E-state index in [1.807, 2.05) is 0 Å². The third kappa shape index (κ3) is 3.88. The van der Waals surface area contributed by atoms with E-state index in [0.717, 1.165) is 82.6 Å². The molecule has 5 bridgehead atoms. The molecular formula is C45H61N2O7+. The number of carbonyl (C=O) groups is 2. The summed E-state index contributed by atoms with van der Waals surface area (Å²) in [5, 5.41) is 37.5. The summed E-state index contributed by atoms with van der Waals surface area (Å²) in [6.07, 6.45) is 11.5. The summed E-state index contributed by atoms with van der Waals surface area (Å²) >= 11 is 0. The van der Waals surface area contributed by atoms with Gasteiger partial charge in [0.2, 0.25) is 0 Å². The minimum Gasteiger partial charge on any atom is -0.458 e. The Balaban J connectivity index is 0.829. The number of benzene rings is 1. The van der Waals surface area contributed by atoms with Crippen molar-refractivity contribution in [2.24, 2.45) is 52.3 Å². The van der Waals surface area contributed by atoms with Crippen molar-refractivity contribution in [1.82, 2.24) is 0 Å². The van der Waals surface area contributed by atoms with Crippen LogP contribution in [0.3, 0.4) is 0 Å². The van der Waals surface area contributed by atoms with Crippen molar-refractivity contribution in [1.29, 1.82) is 0 Å². The molecule has 1 spiro atoms. The van der Waals surface area contributed by atoms with Crippen molar-refractivity contribution < 1.29 is 38.9 Å². The molecule has 9 nitrogen and oxygen atoms in total. The number of hydrogen-bond acceptors (Lipinski definition) is 8. The molecule has 11 aliphatic rings. The standard InChI is InChI=1S/C45H61N2O7/c1-5-27-28-20-34-39-44(32-8-6-7-9-33(32)46(39)4)21-35(38(28)40(44)50)47(34,41(27)51)22-37(49)54-26-12-15-42(2)25(19-26)10-11-31-30(42)13-16-43(3)29(14-17-45(31,43)52)24-18-36(48)53-23-24/h6-9,18,25-31,34-35,38-41,50-52H,5,10-17,19-23H2,1-4H3/q+1/t25-,26-,27-,28-,29+,30-,31+,34-,35-,38+,39-,40-,41+,42-,43+,44-,45-,47+/m0/s1. The molecule has 4 saturated heterocycles. The molecule has 1 aromatic carbocycles. The Labute approximate surface area is 320 Å². The van der Waals surface area contributed by atoms with E-state index >= 15 is 0 Å². The number of cyclic esters (lactones) is 1.